The highest BCUT2D eigenvalue weighted by atomic mass is 32.1. The molecule has 1 aliphatic heterocycles. The van der Waals surface area contributed by atoms with E-state index in [0.29, 0.717) is 13.1 Å². The van der Waals surface area contributed by atoms with E-state index < -0.39 is 5.97 Å². The first-order valence-electron chi connectivity index (χ1n) is 8.99. The Morgan fingerprint density at radius 2 is 2.24 bits per heavy atom. The molecule has 1 unspecified atom stereocenters. The molecule has 25 heavy (non-hydrogen) atoms. The van der Waals surface area contributed by atoms with E-state index in [1.807, 2.05) is 6.92 Å². The van der Waals surface area contributed by atoms with Gasteiger partial charge in [0.25, 0.3) is 0 Å². The fraction of sp³-hybridized carbons (Fsp3) is 0.611. The molecule has 2 aliphatic rings. The van der Waals surface area contributed by atoms with Gasteiger partial charge in [-0.3, -0.25) is 4.79 Å². The average Bonchev–Trinajstić information content (AvgIpc) is 3.27. The van der Waals surface area contributed by atoms with Crippen molar-refractivity contribution in [3.05, 3.63) is 16.3 Å². The average molecular weight is 361 g/mol. The summed E-state index contributed by atoms with van der Waals surface area (Å²) >= 11 is 1.77. The number of anilines is 1. The lowest BCUT2D eigenvalue weighted by molar-refractivity contribution is -0.136. The number of hydrogen-bond acceptors (Lipinski definition) is 6. The summed E-state index contributed by atoms with van der Waals surface area (Å²) in [5, 5.41) is 10.3. The lowest BCUT2D eigenvalue weighted by Gasteiger charge is -2.27. The standard InChI is InChI=1S/C18H23N3O3S/c1-11-19-17(16-13-5-2-6-14(13)25-18(16)20-11)21(8-7-15(22)23)10-12-4-3-9-24-12/h12H,2-10H2,1H3,(H,22,23). The molecular weight excluding hydrogens is 338 g/mol. The summed E-state index contributed by atoms with van der Waals surface area (Å²) in [6, 6.07) is 0. The molecule has 1 saturated heterocycles. The molecule has 1 atom stereocenters. The number of carboxylic acids is 1. The SMILES string of the molecule is Cc1nc(N(CCC(=O)O)CC2CCCO2)c2c3c(sc2n1)CCC3. The van der Waals surface area contributed by atoms with E-state index in [1.54, 1.807) is 11.3 Å². The highest BCUT2D eigenvalue weighted by molar-refractivity contribution is 7.19. The lowest BCUT2D eigenvalue weighted by atomic mass is 10.1. The van der Waals surface area contributed by atoms with Crippen LogP contribution in [0.1, 0.15) is 41.9 Å². The van der Waals surface area contributed by atoms with Crippen LogP contribution in [0.4, 0.5) is 5.82 Å². The van der Waals surface area contributed by atoms with Crippen molar-refractivity contribution in [3.63, 3.8) is 0 Å². The van der Waals surface area contributed by atoms with Gasteiger partial charge in [-0.2, -0.15) is 0 Å². The molecule has 0 bridgehead atoms. The smallest absolute Gasteiger partial charge is 0.305 e. The monoisotopic (exact) mass is 361 g/mol. The minimum absolute atomic E-state index is 0.101. The maximum atomic E-state index is 11.2. The number of aliphatic carboxylic acids is 1. The van der Waals surface area contributed by atoms with E-state index in [4.69, 9.17) is 14.8 Å². The molecule has 4 rings (SSSR count). The lowest BCUT2D eigenvalue weighted by Crippen LogP contribution is -2.35. The summed E-state index contributed by atoms with van der Waals surface area (Å²) in [5.41, 5.74) is 1.38. The van der Waals surface area contributed by atoms with Gasteiger partial charge in [-0.05, 0) is 44.6 Å². The summed E-state index contributed by atoms with van der Waals surface area (Å²) in [7, 11) is 0. The second-order valence-corrected chi connectivity index (χ2v) is 7.94. The Morgan fingerprint density at radius 3 is 3.00 bits per heavy atom. The van der Waals surface area contributed by atoms with E-state index >= 15 is 0 Å². The van der Waals surface area contributed by atoms with Crippen LogP contribution in [0.3, 0.4) is 0 Å². The molecule has 6 nitrogen and oxygen atoms in total. The summed E-state index contributed by atoms with van der Waals surface area (Å²) < 4.78 is 5.80. The van der Waals surface area contributed by atoms with Crippen LogP contribution in [0, 0.1) is 6.92 Å². The first kappa shape index (κ1) is 16.7. The maximum absolute atomic E-state index is 11.2. The molecule has 1 N–H and O–H groups in total. The van der Waals surface area contributed by atoms with Crippen LogP contribution in [0.2, 0.25) is 0 Å². The number of fused-ring (bicyclic) bond motifs is 3. The molecule has 0 aromatic carbocycles. The number of carboxylic acid groups (broad SMARTS) is 1. The van der Waals surface area contributed by atoms with Crippen molar-refractivity contribution in [2.45, 2.75) is 51.6 Å². The minimum Gasteiger partial charge on any atom is -0.481 e. The van der Waals surface area contributed by atoms with Crippen molar-refractivity contribution >= 4 is 33.3 Å². The van der Waals surface area contributed by atoms with Crippen LogP contribution in [-0.2, 0) is 22.4 Å². The quantitative estimate of drug-likeness (QED) is 0.852. The molecule has 2 aromatic rings. The predicted octanol–water partition coefficient (Wildman–Crippen LogP) is 2.95. The molecule has 7 heteroatoms. The Labute approximate surface area is 150 Å². The van der Waals surface area contributed by atoms with Gasteiger partial charge < -0.3 is 14.7 Å². The summed E-state index contributed by atoms with van der Waals surface area (Å²) in [4.78, 5) is 25.1. The zero-order valence-corrected chi connectivity index (χ0v) is 15.3. The number of aryl methyl sites for hydroxylation is 3. The van der Waals surface area contributed by atoms with Crippen LogP contribution < -0.4 is 4.90 Å². The van der Waals surface area contributed by atoms with Gasteiger partial charge in [0.1, 0.15) is 16.5 Å². The highest BCUT2D eigenvalue weighted by Crippen LogP contribution is 2.40. The van der Waals surface area contributed by atoms with Gasteiger partial charge in [0, 0.05) is 24.6 Å². The topological polar surface area (TPSA) is 75.6 Å². The molecule has 0 saturated carbocycles. The van der Waals surface area contributed by atoms with Crippen LogP contribution in [-0.4, -0.2) is 46.8 Å². The summed E-state index contributed by atoms with van der Waals surface area (Å²) in [6.07, 6.45) is 5.74. The van der Waals surface area contributed by atoms with Gasteiger partial charge in [-0.15, -0.1) is 11.3 Å². The minimum atomic E-state index is -0.782. The van der Waals surface area contributed by atoms with Crippen LogP contribution in [0.25, 0.3) is 10.2 Å². The Hall–Kier alpha value is -1.73. The van der Waals surface area contributed by atoms with Crippen molar-refractivity contribution < 1.29 is 14.6 Å². The van der Waals surface area contributed by atoms with Crippen molar-refractivity contribution in [1.29, 1.82) is 0 Å². The molecule has 1 aliphatic carbocycles. The van der Waals surface area contributed by atoms with Crippen LogP contribution in [0.15, 0.2) is 0 Å². The van der Waals surface area contributed by atoms with Crippen molar-refractivity contribution in [3.8, 4) is 0 Å². The Morgan fingerprint density at radius 1 is 1.36 bits per heavy atom. The molecule has 0 amide bonds. The van der Waals surface area contributed by atoms with E-state index in [2.05, 4.69) is 9.88 Å². The molecule has 3 heterocycles. The van der Waals surface area contributed by atoms with Crippen LogP contribution >= 0.6 is 11.3 Å². The van der Waals surface area contributed by atoms with Crippen molar-refractivity contribution in [2.24, 2.45) is 0 Å². The maximum Gasteiger partial charge on any atom is 0.305 e. The predicted molar refractivity (Wildman–Crippen MR) is 97.6 cm³/mol. The van der Waals surface area contributed by atoms with Gasteiger partial charge in [0.05, 0.1) is 17.9 Å². The zero-order valence-electron chi connectivity index (χ0n) is 14.5. The van der Waals surface area contributed by atoms with Gasteiger partial charge in [0.2, 0.25) is 0 Å². The van der Waals surface area contributed by atoms with E-state index in [9.17, 15) is 4.79 Å². The number of rotatable bonds is 6. The third kappa shape index (κ3) is 3.35. The first-order chi connectivity index (χ1) is 12.1. The fourth-order valence-electron chi connectivity index (χ4n) is 3.86. The number of hydrogen-bond donors (Lipinski definition) is 1. The van der Waals surface area contributed by atoms with E-state index in [-0.39, 0.29) is 12.5 Å². The third-order valence-electron chi connectivity index (χ3n) is 5.00. The fourth-order valence-corrected chi connectivity index (χ4v) is 5.16. The largest absolute Gasteiger partial charge is 0.481 e. The van der Waals surface area contributed by atoms with Gasteiger partial charge in [-0.25, -0.2) is 9.97 Å². The second-order valence-electron chi connectivity index (χ2n) is 6.86. The van der Waals surface area contributed by atoms with Crippen molar-refractivity contribution in [2.75, 3.05) is 24.6 Å². The molecule has 0 spiro atoms. The Kier molecular flexibility index (Phi) is 4.60. The number of aromatic nitrogens is 2. The van der Waals surface area contributed by atoms with E-state index in [1.165, 1.54) is 16.9 Å². The summed E-state index contributed by atoms with van der Waals surface area (Å²) in [6.45, 7) is 3.85. The summed E-state index contributed by atoms with van der Waals surface area (Å²) in [5.74, 6) is 0.864. The third-order valence-corrected chi connectivity index (χ3v) is 6.19. The van der Waals surface area contributed by atoms with E-state index in [0.717, 1.165) is 54.1 Å². The Balaban J connectivity index is 1.75. The van der Waals surface area contributed by atoms with Crippen LogP contribution in [0.5, 0.6) is 0 Å². The van der Waals surface area contributed by atoms with Gasteiger partial charge >= 0.3 is 5.97 Å². The molecule has 1 fully saturated rings. The second kappa shape index (κ2) is 6.88. The molecular formula is C18H23N3O3S. The van der Waals surface area contributed by atoms with Gasteiger partial charge in [-0.1, -0.05) is 0 Å². The normalized spacial score (nSPS) is 19.5. The molecule has 134 valence electrons. The van der Waals surface area contributed by atoms with Gasteiger partial charge in [0.15, 0.2) is 0 Å². The highest BCUT2D eigenvalue weighted by Gasteiger charge is 2.27. The number of thiophene rings is 1. The van der Waals surface area contributed by atoms with Crippen molar-refractivity contribution in [1.82, 2.24) is 9.97 Å². The molecule has 0 radical (unpaired) electrons. The molecule has 2 aromatic heterocycles. The first-order valence-corrected chi connectivity index (χ1v) is 9.80. The zero-order chi connectivity index (χ0) is 17.4. The number of ether oxygens (including phenoxy) is 1. The number of carbonyl (C=O) groups is 1. The Bertz CT molecular complexity index is 798. The number of nitrogens with zero attached hydrogens (tertiary/aromatic N) is 3.